The molecule has 1 amide bonds. The van der Waals surface area contributed by atoms with Crippen LogP contribution in [-0.2, 0) is 11.2 Å². The molecule has 0 spiro atoms. The van der Waals surface area contributed by atoms with Crippen molar-refractivity contribution in [3.8, 4) is 0 Å². The number of carbonyl (C=O) groups is 1. The molecule has 0 atom stereocenters. The van der Waals surface area contributed by atoms with Crippen LogP contribution >= 0.6 is 11.8 Å². The second kappa shape index (κ2) is 11.6. The van der Waals surface area contributed by atoms with Crippen molar-refractivity contribution in [1.29, 1.82) is 0 Å². The maximum atomic E-state index is 14.5. The molecule has 184 valence electrons. The second-order valence-corrected chi connectivity index (χ2v) is 9.69. The van der Waals surface area contributed by atoms with Gasteiger partial charge >= 0.3 is 6.09 Å². The molecule has 0 aliphatic carbocycles. The zero-order valence-electron chi connectivity index (χ0n) is 19.4. The summed E-state index contributed by atoms with van der Waals surface area (Å²) in [5.74, 6) is -1.83. The minimum atomic E-state index is -0.844. The van der Waals surface area contributed by atoms with Crippen LogP contribution in [0.1, 0.15) is 29.9 Å². The zero-order chi connectivity index (χ0) is 24.8. The van der Waals surface area contributed by atoms with Gasteiger partial charge in [-0.3, -0.25) is 5.32 Å². The van der Waals surface area contributed by atoms with E-state index in [0.29, 0.717) is 16.1 Å². The molecule has 1 aliphatic heterocycles. The Hall–Kier alpha value is -2.97. The molecule has 0 bridgehead atoms. The summed E-state index contributed by atoms with van der Waals surface area (Å²) < 4.78 is 45.6. The highest BCUT2D eigenvalue weighted by Crippen LogP contribution is 2.32. The zero-order valence-corrected chi connectivity index (χ0v) is 20.2. The van der Waals surface area contributed by atoms with Crippen LogP contribution in [0.2, 0.25) is 0 Å². The highest BCUT2D eigenvalue weighted by molar-refractivity contribution is 7.99. The molecule has 1 aliphatic rings. The second-order valence-electron chi connectivity index (χ2n) is 8.54. The van der Waals surface area contributed by atoms with Gasteiger partial charge in [-0.15, -0.1) is 0 Å². The molecular formula is C27H27F3N2O2S. The number of likely N-dealkylation sites (tertiary alicyclic amines) is 1. The number of amides is 1. The minimum absolute atomic E-state index is 0.109. The van der Waals surface area contributed by atoms with Crippen molar-refractivity contribution in [3.05, 3.63) is 89.2 Å². The number of halogens is 3. The lowest BCUT2D eigenvalue weighted by Gasteiger charge is -2.32. The number of hydrogen-bond acceptors (Lipinski definition) is 4. The number of anilines is 1. The average molecular weight is 501 g/mol. The van der Waals surface area contributed by atoms with Crippen molar-refractivity contribution in [3.63, 3.8) is 0 Å². The number of nitrogens with one attached hydrogen (secondary N) is 1. The van der Waals surface area contributed by atoms with Crippen LogP contribution in [0.4, 0.5) is 23.7 Å². The Labute approximate surface area is 207 Å². The number of nitrogens with zero attached hydrogens (tertiary/aromatic N) is 1. The third-order valence-electron chi connectivity index (χ3n) is 6.22. The smallest absolute Gasteiger partial charge is 0.411 e. The van der Waals surface area contributed by atoms with Crippen molar-refractivity contribution >= 4 is 23.5 Å². The van der Waals surface area contributed by atoms with Gasteiger partial charge in [0.15, 0.2) is 11.6 Å². The maximum absolute atomic E-state index is 14.5. The molecule has 0 unspecified atom stereocenters. The van der Waals surface area contributed by atoms with Gasteiger partial charge in [-0.2, -0.15) is 0 Å². The Kier molecular flexibility index (Phi) is 8.36. The molecule has 0 saturated carbocycles. The summed E-state index contributed by atoms with van der Waals surface area (Å²) >= 11 is 1.39. The molecule has 4 rings (SSSR count). The minimum Gasteiger partial charge on any atom is -0.453 e. The number of piperidine rings is 1. The van der Waals surface area contributed by atoms with E-state index in [0.717, 1.165) is 49.9 Å². The van der Waals surface area contributed by atoms with Gasteiger partial charge in [0.1, 0.15) is 5.82 Å². The molecule has 4 nitrogen and oxygen atoms in total. The lowest BCUT2D eigenvalue weighted by atomic mass is 9.88. The van der Waals surface area contributed by atoms with E-state index in [4.69, 9.17) is 0 Å². The summed E-state index contributed by atoms with van der Waals surface area (Å²) in [6.07, 6.45) is 2.02. The van der Waals surface area contributed by atoms with Crippen molar-refractivity contribution < 1.29 is 22.7 Å². The van der Waals surface area contributed by atoms with Crippen LogP contribution in [-0.4, -0.2) is 37.7 Å². The summed E-state index contributed by atoms with van der Waals surface area (Å²) in [5.41, 5.74) is 2.36. The molecule has 3 aromatic carbocycles. The van der Waals surface area contributed by atoms with Crippen molar-refractivity contribution in [2.45, 2.75) is 35.0 Å². The number of hydrogen-bond donors (Lipinski definition) is 1. The predicted octanol–water partition coefficient (Wildman–Crippen LogP) is 6.86. The largest absolute Gasteiger partial charge is 0.453 e. The average Bonchev–Trinajstić information content (AvgIpc) is 2.87. The van der Waals surface area contributed by atoms with E-state index in [9.17, 15) is 18.0 Å². The molecule has 1 fully saturated rings. The van der Waals surface area contributed by atoms with Gasteiger partial charge in [-0.1, -0.05) is 23.9 Å². The van der Waals surface area contributed by atoms with Gasteiger partial charge in [0.2, 0.25) is 0 Å². The lowest BCUT2D eigenvalue weighted by Crippen LogP contribution is -2.34. The first kappa shape index (κ1) is 25.1. The van der Waals surface area contributed by atoms with Crippen LogP contribution in [0.5, 0.6) is 0 Å². The van der Waals surface area contributed by atoms with Crippen LogP contribution in [0.25, 0.3) is 0 Å². The van der Waals surface area contributed by atoms with E-state index >= 15 is 0 Å². The van der Waals surface area contributed by atoms with Gasteiger partial charge < -0.3 is 9.64 Å². The van der Waals surface area contributed by atoms with E-state index in [1.807, 2.05) is 12.1 Å². The molecule has 8 heteroatoms. The van der Waals surface area contributed by atoms with Gasteiger partial charge in [0.05, 0.1) is 7.11 Å². The molecule has 3 aromatic rings. The summed E-state index contributed by atoms with van der Waals surface area (Å²) in [6, 6.07) is 16.6. The lowest BCUT2D eigenvalue weighted by molar-refractivity contribution is 0.187. The molecule has 1 saturated heterocycles. The Morgan fingerprint density at radius 1 is 0.943 bits per heavy atom. The Morgan fingerprint density at radius 3 is 2.31 bits per heavy atom. The van der Waals surface area contributed by atoms with Gasteiger partial charge in [-0.25, -0.2) is 18.0 Å². The molecule has 0 aromatic heterocycles. The maximum Gasteiger partial charge on any atom is 0.411 e. The van der Waals surface area contributed by atoms with Gasteiger partial charge in [0.25, 0.3) is 0 Å². The van der Waals surface area contributed by atoms with Crippen LogP contribution < -0.4 is 5.32 Å². The number of carbonyl (C=O) groups excluding carboxylic acids is 1. The fourth-order valence-electron chi connectivity index (χ4n) is 4.26. The Morgan fingerprint density at radius 2 is 1.63 bits per heavy atom. The molecule has 1 heterocycles. The fourth-order valence-corrected chi connectivity index (χ4v) is 5.10. The van der Waals surface area contributed by atoms with Crippen LogP contribution in [0.15, 0.2) is 70.5 Å². The van der Waals surface area contributed by atoms with Crippen molar-refractivity contribution in [2.75, 3.05) is 32.1 Å². The summed E-state index contributed by atoms with van der Waals surface area (Å²) in [7, 11) is 1.29. The van der Waals surface area contributed by atoms with E-state index < -0.39 is 17.7 Å². The first-order valence-corrected chi connectivity index (χ1v) is 12.3. The SMILES string of the molecule is COC(=O)Nc1ccc(F)c(C2CCN(CCc3ccc(Sc4ccc(F)c(F)c4)cc3)CC2)c1. The molecule has 0 radical (unpaired) electrons. The standard InChI is InChI=1S/C27H27F3N2O2S/c1-34-27(33)31-20-4-8-24(28)23(16-20)19-11-14-32(15-12-19)13-10-18-2-5-21(6-3-18)35-22-7-9-25(29)26(30)17-22/h2-9,16-17,19H,10-15H2,1H3,(H,31,33). The summed E-state index contributed by atoms with van der Waals surface area (Å²) in [6.45, 7) is 2.67. The quantitative estimate of drug-likeness (QED) is 0.385. The fraction of sp³-hybridized carbons (Fsp3) is 0.296. The highest BCUT2D eigenvalue weighted by atomic mass is 32.2. The van der Waals surface area contributed by atoms with Crippen LogP contribution in [0, 0.1) is 17.5 Å². The highest BCUT2D eigenvalue weighted by Gasteiger charge is 2.23. The molecule has 1 N–H and O–H groups in total. The Balaban J connectivity index is 1.26. The van der Waals surface area contributed by atoms with Gasteiger partial charge in [-0.05, 0) is 97.9 Å². The first-order valence-electron chi connectivity index (χ1n) is 11.5. The summed E-state index contributed by atoms with van der Waals surface area (Å²) in [4.78, 5) is 15.5. The number of methoxy groups -OCH3 is 1. The van der Waals surface area contributed by atoms with E-state index in [1.54, 1.807) is 12.1 Å². The third kappa shape index (κ3) is 6.80. The molecular weight excluding hydrogens is 473 g/mol. The van der Waals surface area contributed by atoms with Crippen molar-refractivity contribution in [1.82, 2.24) is 4.90 Å². The number of rotatable bonds is 7. The summed E-state index contributed by atoms with van der Waals surface area (Å²) in [5, 5.41) is 2.60. The van der Waals surface area contributed by atoms with Crippen LogP contribution in [0.3, 0.4) is 0 Å². The number of benzene rings is 3. The van der Waals surface area contributed by atoms with E-state index in [2.05, 4.69) is 27.1 Å². The van der Waals surface area contributed by atoms with E-state index in [1.165, 1.54) is 42.6 Å². The Bertz CT molecular complexity index is 1170. The molecule has 35 heavy (non-hydrogen) atoms. The topological polar surface area (TPSA) is 41.6 Å². The first-order chi connectivity index (χ1) is 16.9. The monoisotopic (exact) mass is 500 g/mol. The van der Waals surface area contributed by atoms with Gasteiger partial charge in [0, 0.05) is 22.0 Å². The predicted molar refractivity (Wildman–Crippen MR) is 131 cm³/mol. The number of ether oxygens (including phenoxy) is 1. The normalized spacial score (nSPS) is 14.6. The van der Waals surface area contributed by atoms with Crippen molar-refractivity contribution in [2.24, 2.45) is 0 Å². The van der Waals surface area contributed by atoms with E-state index in [-0.39, 0.29) is 11.7 Å². The third-order valence-corrected chi connectivity index (χ3v) is 7.22.